The molecule has 90 valence electrons. The number of nitriles is 1. The molecule has 0 spiro atoms. The number of halogens is 1. The van der Waals surface area contributed by atoms with Gasteiger partial charge in [-0.05, 0) is 29.8 Å². The fourth-order valence-corrected chi connectivity index (χ4v) is 1.74. The number of nitrogens with zero attached hydrogens (tertiary/aromatic N) is 3. The number of rotatable bonds is 3. The highest BCUT2D eigenvalue weighted by molar-refractivity contribution is 5.55. The predicted molar refractivity (Wildman–Crippen MR) is 67.5 cm³/mol. The first-order valence-corrected chi connectivity index (χ1v) is 5.51. The van der Waals surface area contributed by atoms with Crippen molar-refractivity contribution in [3.8, 4) is 6.07 Å². The van der Waals surface area contributed by atoms with Gasteiger partial charge in [0.15, 0.2) is 5.69 Å². The van der Waals surface area contributed by atoms with E-state index in [1.54, 1.807) is 24.4 Å². The molecule has 1 aromatic heterocycles. The number of hydrogen-bond donors (Lipinski definition) is 0. The van der Waals surface area contributed by atoms with Crippen molar-refractivity contribution in [1.29, 1.82) is 5.26 Å². The minimum atomic E-state index is -0.250. The molecule has 0 bridgehead atoms. The van der Waals surface area contributed by atoms with E-state index in [1.807, 2.05) is 18.0 Å². The van der Waals surface area contributed by atoms with Gasteiger partial charge >= 0.3 is 0 Å². The second-order valence-corrected chi connectivity index (χ2v) is 3.97. The Labute approximate surface area is 105 Å². The van der Waals surface area contributed by atoms with E-state index < -0.39 is 0 Å². The highest BCUT2D eigenvalue weighted by atomic mass is 19.1. The molecule has 3 nitrogen and oxygen atoms in total. The molecule has 0 aliphatic carbocycles. The van der Waals surface area contributed by atoms with Crippen molar-refractivity contribution < 1.29 is 4.39 Å². The summed E-state index contributed by atoms with van der Waals surface area (Å²) in [5.41, 5.74) is 2.14. The van der Waals surface area contributed by atoms with Gasteiger partial charge in [-0.3, -0.25) is 0 Å². The third-order valence-electron chi connectivity index (χ3n) is 2.64. The first-order valence-electron chi connectivity index (χ1n) is 5.51. The molecule has 18 heavy (non-hydrogen) atoms. The molecule has 0 amide bonds. The standard InChI is InChI=1S/C14H12FN3/c1-18(10-11-4-6-12(15)7-5-11)14-3-2-8-17-13(14)9-16/h2-8H,10H2,1H3. The van der Waals surface area contributed by atoms with Gasteiger partial charge in [0, 0.05) is 19.8 Å². The lowest BCUT2D eigenvalue weighted by molar-refractivity contribution is 0.627. The summed E-state index contributed by atoms with van der Waals surface area (Å²) in [5, 5.41) is 8.98. The molecule has 0 atom stereocenters. The van der Waals surface area contributed by atoms with Gasteiger partial charge in [-0.15, -0.1) is 0 Å². The Bertz CT molecular complexity index is 572. The van der Waals surface area contributed by atoms with Gasteiger partial charge in [0.25, 0.3) is 0 Å². The number of hydrogen-bond acceptors (Lipinski definition) is 3. The van der Waals surface area contributed by atoms with E-state index in [1.165, 1.54) is 12.1 Å². The molecule has 0 aliphatic rings. The van der Waals surface area contributed by atoms with Crippen LogP contribution in [0.5, 0.6) is 0 Å². The molecule has 4 heteroatoms. The molecule has 0 saturated heterocycles. The summed E-state index contributed by atoms with van der Waals surface area (Å²) in [6.07, 6.45) is 1.59. The third kappa shape index (κ3) is 2.64. The topological polar surface area (TPSA) is 39.9 Å². The number of benzene rings is 1. The Kier molecular flexibility index (Phi) is 3.54. The van der Waals surface area contributed by atoms with Crippen LogP contribution in [0.1, 0.15) is 11.3 Å². The van der Waals surface area contributed by atoms with E-state index in [2.05, 4.69) is 11.1 Å². The van der Waals surface area contributed by atoms with Crippen LogP contribution in [-0.4, -0.2) is 12.0 Å². The molecule has 0 radical (unpaired) electrons. The average Bonchev–Trinajstić information content (AvgIpc) is 2.41. The molecule has 2 rings (SSSR count). The molecular weight excluding hydrogens is 229 g/mol. The Morgan fingerprint density at radius 2 is 2.00 bits per heavy atom. The quantitative estimate of drug-likeness (QED) is 0.829. The van der Waals surface area contributed by atoms with Crippen molar-refractivity contribution in [2.24, 2.45) is 0 Å². The predicted octanol–water partition coefficient (Wildman–Crippen LogP) is 2.73. The zero-order valence-electron chi connectivity index (χ0n) is 9.97. The van der Waals surface area contributed by atoms with Gasteiger partial charge in [0.1, 0.15) is 11.9 Å². The van der Waals surface area contributed by atoms with E-state index in [9.17, 15) is 4.39 Å². The summed E-state index contributed by atoms with van der Waals surface area (Å²) < 4.78 is 12.8. The lowest BCUT2D eigenvalue weighted by atomic mass is 10.2. The first-order chi connectivity index (χ1) is 8.70. The highest BCUT2D eigenvalue weighted by Gasteiger charge is 2.08. The average molecular weight is 241 g/mol. The minimum Gasteiger partial charge on any atom is -0.368 e. The van der Waals surface area contributed by atoms with Gasteiger partial charge in [-0.1, -0.05) is 12.1 Å². The van der Waals surface area contributed by atoms with Crippen molar-refractivity contribution in [2.45, 2.75) is 6.54 Å². The summed E-state index contributed by atoms with van der Waals surface area (Å²) in [5.74, 6) is -0.250. The van der Waals surface area contributed by atoms with Crippen molar-refractivity contribution in [2.75, 3.05) is 11.9 Å². The summed E-state index contributed by atoms with van der Waals surface area (Å²) in [4.78, 5) is 5.93. The largest absolute Gasteiger partial charge is 0.368 e. The van der Waals surface area contributed by atoms with Crippen LogP contribution in [0.3, 0.4) is 0 Å². The van der Waals surface area contributed by atoms with Crippen LogP contribution in [0.25, 0.3) is 0 Å². The molecule has 0 aliphatic heterocycles. The van der Waals surface area contributed by atoms with Crippen LogP contribution in [0.2, 0.25) is 0 Å². The van der Waals surface area contributed by atoms with Crippen molar-refractivity contribution in [1.82, 2.24) is 4.98 Å². The van der Waals surface area contributed by atoms with Crippen LogP contribution in [0.4, 0.5) is 10.1 Å². The van der Waals surface area contributed by atoms with E-state index in [0.29, 0.717) is 12.2 Å². The maximum absolute atomic E-state index is 12.8. The second kappa shape index (κ2) is 5.28. The lowest BCUT2D eigenvalue weighted by Crippen LogP contribution is -2.17. The Morgan fingerprint density at radius 3 is 2.67 bits per heavy atom. The van der Waals surface area contributed by atoms with Gasteiger partial charge in [0.2, 0.25) is 0 Å². The maximum atomic E-state index is 12.8. The van der Waals surface area contributed by atoms with E-state index in [-0.39, 0.29) is 5.82 Å². The van der Waals surface area contributed by atoms with Gasteiger partial charge < -0.3 is 4.90 Å². The molecule has 0 N–H and O–H groups in total. The van der Waals surface area contributed by atoms with Crippen LogP contribution < -0.4 is 4.90 Å². The fraction of sp³-hybridized carbons (Fsp3) is 0.143. The number of aromatic nitrogens is 1. The van der Waals surface area contributed by atoms with Gasteiger partial charge in [-0.2, -0.15) is 5.26 Å². The fourth-order valence-electron chi connectivity index (χ4n) is 1.74. The monoisotopic (exact) mass is 241 g/mol. The minimum absolute atomic E-state index is 0.250. The molecule has 0 fully saturated rings. The van der Waals surface area contributed by atoms with E-state index >= 15 is 0 Å². The van der Waals surface area contributed by atoms with E-state index in [0.717, 1.165) is 11.3 Å². The number of pyridine rings is 1. The van der Waals surface area contributed by atoms with Crippen LogP contribution >= 0.6 is 0 Å². The zero-order valence-corrected chi connectivity index (χ0v) is 9.97. The highest BCUT2D eigenvalue weighted by Crippen LogP contribution is 2.18. The first kappa shape index (κ1) is 12.1. The molecular formula is C14H12FN3. The third-order valence-corrected chi connectivity index (χ3v) is 2.64. The van der Waals surface area contributed by atoms with Crippen molar-refractivity contribution in [3.05, 3.63) is 59.7 Å². The Hall–Kier alpha value is -2.41. The van der Waals surface area contributed by atoms with Gasteiger partial charge in [0.05, 0.1) is 5.69 Å². The van der Waals surface area contributed by atoms with Crippen LogP contribution in [0, 0.1) is 17.1 Å². The zero-order chi connectivity index (χ0) is 13.0. The van der Waals surface area contributed by atoms with Crippen LogP contribution in [0.15, 0.2) is 42.6 Å². The summed E-state index contributed by atoms with van der Waals surface area (Å²) in [7, 11) is 1.88. The van der Waals surface area contributed by atoms with Crippen molar-refractivity contribution >= 4 is 5.69 Å². The smallest absolute Gasteiger partial charge is 0.163 e. The summed E-state index contributed by atoms with van der Waals surface area (Å²) in [6.45, 7) is 0.598. The lowest BCUT2D eigenvalue weighted by Gasteiger charge is -2.19. The maximum Gasteiger partial charge on any atom is 0.163 e. The molecule has 1 heterocycles. The van der Waals surface area contributed by atoms with Crippen molar-refractivity contribution in [3.63, 3.8) is 0 Å². The Morgan fingerprint density at radius 1 is 1.28 bits per heavy atom. The molecule has 0 unspecified atom stereocenters. The van der Waals surface area contributed by atoms with E-state index in [4.69, 9.17) is 5.26 Å². The Balaban J connectivity index is 2.19. The number of anilines is 1. The normalized spacial score (nSPS) is 9.83. The van der Waals surface area contributed by atoms with Gasteiger partial charge in [-0.25, -0.2) is 9.37 Å². The molecule has 0 saturated carbocycles. The SMILES string of the molecule is CN(Cc1ccc(F)cc1)c1cccnc1C#N. The molecule has 2 aromatic rings. The summed E-state index contributed by atoms with van der Waals surface area (Å²) >= 11 is 0. The summed E-state index contributed by atoms with van der Waals surface area (Å²) in [6, 6.07) is 12.0. The second-order valence-electron chi connectivity index (χ2n) is 3.97. The molecule has 1 aromatic carbocycles. The van der Waals surface area contributed by atoms with Crippen LogP contribution in [-0.2, 0) is 6.54 Å².